The van der Waals surface area contributed by atoms with E-state index in [1.54, 1.807) is 24.8 Å². The number of imidazole rings is 2. The summed E-state index contributed by atoms with van der Waals surface area (Å²) in [5, 5.41) is 0. The summed E-state index contributed by atoms with van der Waals surface area (Å²) in [5.41, 5.74) is 5.82. The van der Waals surface area contributed by atoms with E-state index in [0.29, 0.717) is 11.6 Å². The summed E-state index contributed by atoms with van der Waals surface area (Å²) >= 11 is 0. The number of H-pyrrole nitrogens is 2. The molecule has 5 nitrogen and oxygen atoms in total. The number of aromatic nitrogens is 4. The Morgan fingerprint density at radius 2 is 1.58 bits per heavy atom. The van der Waals surface area contributed by atoms with E-state index in [1.807, 2.05) is 0 Å². The Kier molecular flexibility index (Phi) is 1.64. The third-order valence-electron chi connectivity index (χ3n) is 1.63. The lowest BCUT2D eigenvalue weighted by Gasteiger charge is -2.03. The molecule has 2 aromatic rings. The lowest BCUT2D eigenvalue weighted by Crippen LogP contribution is -2.14. The Labute approximate surface area is 69.1 Å². The normalized spacial score (nSPS) is 10.8. The van der Waals surface area contributed by atoms with Crippen LogP contribution in [0.3, 0.4) is 0 Å². The van der Waals surface area contributed by atoms with Crippen LogP contribution < -0.4 is 5.73 Å². The molecule has 0 aromatic carbocycles. The van der Waals surface area contributed by atoms with E-state index in [-0.39, 0.29) is 6.04 Å². The Balaban J connectivity index is 2.27. The topological polar surface area (TPSA) is 83.4 Å². The van der Waals surface area contributed by atoms with Gasteiger partial charge in [0.25, 0.3) is 0 Å². The van der Waals surface area contributed by atoms with Gasteiger partial charge in [0.05, 0.1) is 0 Å². The predicted octanol–water partition coefficient (Wildman–Crippen LogP) is 0.181. The van der Waals surface area contributed by atoms with Gasteiger partial charge in [0.15, 0.2) is 0 Å². The van der Waals surface area contributed by atoms with Gasteiger partial charge in [-0.05, 0) is 0 Å². The van der Waals surface area contributed by atoms with Crippen molar-refractivity contribution in [3.63, 3.8) is 0 Å². The molecule has 2 aromatic heterocycles. The van der Waals surface area contributed by atoms with Gasteiger partial charge in [0.2, 0.25) is 0 Å². The van der Waals surface area contributed by atoms with E-state index in [9.17, 15) is 0 Å². The molecular weight excluding hydrogens is 154 g/mol. The maximum Gasteiger partial charge on any atom is 0.130 e. The van der Waals surface area contributed by atoms with Crippen LogP contribution in [0, 0.1) is 0 Å². The van der Waals surface area contributed by atoms with Crippen LogP contribution in [-0.4, -0.2) is 19.9 Å². The molecule has 0 aliphatic heterocycles. The maximum absolute atomic E-state index is 5.82. The first-order valence-electron chi connectivity index (χ1n) is 3.62. The molecule has 0 fully saturated rings. The molecule has 4 N–H and O–H groups in total. The molecule has 0 unspecified atom stereocenters. The third-order valence-corrected chi connectivity index (χ3v) is 1.63. The predicted molar refractivity (Wildman–Crippen MR) is 43.2 cm³/mol. The van der Waals surface area contributed by atoms with Gasteiger partial charge in [-0.25, -0.2) is 9.97 Å². The Morgan fingerprint density at radius 1 is 1.08 bits per heavy atom. The highest BCUT2D eigenvalue weighted by Gasteiger charge is 2.12. The van der Waals surface area contributed by atoms with E-state index in [1.165, 1.54) is 0 Å². The lowest BCUT2D eigenvalue weighted by atomic mass is 10.3. The van der Waals surface area contributed by atoms with Crippen LogP contribution in [-0.2, 0) is 0 Å². The van der Waals surface area contributed by atoms with Gasteiger partial charge in [0, 0.05) is 24.8 Å². The van der Waals surface area contributed by atoms with Crippen molar-refractivity contribution in [1.82, 2.24) is 19.9 Å². The number of nitrogens with two attached hydrogens (primary N) is 1. The highest BCUT2D eigenvalue weighted by Crippen LogP contribution is 2.09. The second kappa shape index (κ2) is 2.78. The van der Waals surface area contributed by atoms with Gasteiger partial charge >= 0.3 is 0 Å². The summed E-state index contributed by atoms with van der Waals surface area (Å²) < 4.78 is 0. The van der Waals surface area contributed by atoms with Crippen LogP contribution in [0.2, 0.25) is 0 Å². The maximum atomic E-state index is 5.82. The number of nitrogens with zero attached hydrogens (tertiary/aromatic N) is 2. The summed E-state index contributed by atoms with van der Waals surface area (Å²) in [6.45, 7) is 0. The quantitative estimate of drug-likeness (QED) is 0.590. The van der Waals surface area contributed by atoms with Crippen molar-refractivity contribution in [3.05, 3.63) is 36.4 Å². The monoisotopic (exact) mass is 163 g/mol. The number of nitrogens with one attached hydrogen (secondary N) is 2. The second-order valence-electron chi connectivity index (χ2n) is 2.43. The number of hydrogen-bond acceptors (Lipinski definition) is 3. The number of hydrogen-bond donors (Lipinski definition) is 3. The van der Waals surface area contributed by atoms with Crippen molar-refractivity contribution in [2.45, 2.75) is 6.04 Å². The van der Waals surface area contributed by atoms with Crippen molar-refractivity contribution in [2.75, 3.05) is 0 Å². The van der Waals surface area contributed by atoms with Gasteiger partial charge in [-0.15, -0.1) is 0 Å². The van der Waals surface area contributed by atoms with Crippen LogP contribution in [0.25, 0.3) is 0 Å². The van der Waals surface area contributed by atoms with Gasteiger partial charge < -0.3 is 15.7 Å². The van der Waals surface area contributed by atoms with Gasteiger partial charge in [-0.3, -0.25) is 0 Å². The smallest absolute Gasteiger partial charge is 0.130 e. The Hall–Kier alpha value is -1.62. The number of rotatable bonds is 2. The molecule has 0 atom stereocenters. The molecule has 2 rings (SSSR count). The van der Waals surface area contributed by atoms with Crippen LogP contribution in [0.1, 0.15) is 17.7 Å². The summed E-state index contributed by atoms with van der Waals surface area (Å²) in [7, 11) is 0. The summed E-state index contributed by atoms with van der Waals surface area (Å²) in [4.78, 5) is 13.9. The minimum Gasteiger partial charge on any atom is -0.347 e. The third kappa shape index (κ3) is 1.10. The molecule has 0 saturated heterocycles. The summed E-state index contributed by atoms with van der Waals surface area (Å²) in [5.74, 6) is 1.43. The highest BCUT2D eigenvalue weighted by molar-refractivity contribution is 5.08. The Morgan fingerprint density at radius 3 is 1.92 bits per heavy atom. The van der Waals surface area contributed by atoms with E-state index in [2.05, 4.69) is 19.9 Å². The fraction of sp³-hybridized carbons (Fsp3) is 0.143. The fourth-order valence-electron chi connectivity index (χ4n) is 1.02. The molecule has 5 heteroatoms. The van der Waals surface area contributed by atoms with Crippen LogP contribution >= 0.6 is 0 Å². The minimum atomic E-state index is -0.296. The van der Waals surface area contributed by atoms with Crippen molar-refractivity contribution in [3.8, 4) is 0 Å². The van der Waals surface area contributed by atoms with E-state index in [4.69, 9.17) is 5.73 Å². The van der Waals surface area contributed by atoms with Crippen LogP contribution in [0.15, 0.2) is 24.8 Å². The minimum absolute atomic E-state index is 0.296. The van der Waals surface area contributed by atoms with Crippen molar-refractivity contribution in [1.29, 1.82) is 0 Å². The molecule has 0 aliphatic carbocycles. The molecule has 0 radical (unpaired) electrons. The van der Waals surface area contributed by atoms with Crippen LogP contribution in [0.5, 0.6) is 0 Å². The first-order valence-corrected chi connectivity index (χ1v) is 3.62. The first kappa shape index (κ1) is 7.05. The van der Waals surface area contributed by atoms with Gasteiger partial charge in [0.1, 0.15) is 17.7 Å². The highest BCUT2D eigenvalue weighted by atomic mass is 15.0. The molecular formula is C7H9N5. The summed E-state index contributed by atoms with van der Waals surface area (Å²) in [6, 6.07) is -0.296. The SMILES string of the molecule is NC(c1ncc[nH]1)c1ncc[nH]1. The van der Waals surface area contributed by atoms with Gasteiger partial charge in [-0.2, -0.15) is 0 Å². The van der Waals surface area contributed by atoms with Crippen LogP contribution in [0.4, 0.5) is 0 Å². The van der Waals surface area contributed by atoms with E-state index in [0.717, 1.165) is 0 Å². The van der Waals surface area contributed by atoms with E-state index >= 15 is 0 Å². The molecule has 0 saturated carbocycles. The zero-order valence-corrected chi connectivity index (χ0v) is 6.36. The molecule has 62 valence electrons. The molecule has 0 amide bonds. The molecule has 0 spiro atoms. The first-order chi connectivity index (χ1) is 5.88. The van der Waals surface area contributed by atoms with Gasteiger partial charge in [-0.1, -0.05) is 0 Å². The largest absolute Gasteiger partial charge is 0.347 e. The number of aromatic amines is 2. The van der Waals surface area contributed by atoms with Crippen molar-refractivity contribution >= 4 is 0 Å². The molecule has 0 bridgehead atoms. The zero-order valence-electron chi connectivity index (χ0n) is 6.36. The second-order valence-corrected chi connectivity index (χ2v) is 2.43. The lowest BCUT2D eigenvalue weighted by molar-refractivity contribution is 0.749. The average Bonchev–Trinajstić information content (AvgIpc) is 2.77. The zero-order chi connectivity index (χ0) is 8.39. The van der Waals surface area contributed by atoms with Crippen molar-refractivity contribution < 1.29 is 0 Å². The standard InChI is InChI=1S/C7H9N5/c8-5(6-9-1-2-10-6)7-11-3-4-12-7/h1-5H,8H2,(H,9,10)(H,11,12). The fourth-order valence-corrected chi connectivity index (χ4v) is 1.02. The Bertz CT molecular complexity index is 288. The molecule has 0 aliphatic rings. The average molecular weight is 163 g/mol. The van der Waals surface area contributed by atoms with E-state index < -0.39 is 0 Å². The van der Waals surface area contributed by atoms with Crippen molar-refractivity contribution in [2.24, 2.45) is 5.73 Å². The molecule has 2 heterocycles. The molecule has 12 heavy (non-hydrogen) atoms. The summed E-state index contributed by atoms with van der Waals surface area (Å²) in [6.07, 6.45) is 6.80.